The molecule has 0 aromatic heterocycles. The summed E-state index contributed by atoms with van der Waals surface area (Å²) >= 11 is 0. The number of likely N-dealkylation sites (N-methyl/N-ethyl adjacent to an activating group) is 1. The van der Waals surface area contributed by atoms with Gasteiger partial charge < -0.3 is 20.6 Å². The Labute approximate surface area is 134 Å². The molecule has 0 spiro atoms. The van der Waals surface area contributed by atoms with Crippen LogP contribution in [0.2, 0.25) is 0 Å². The number of nitrogens with zero attached hydrogens (tertiary/aromatic N) is 1. The first-order valence-corrected chi connectivity index (χ1v) is 8.91. The highest BCUT2D eigenvalue weighted by molar-refractivity contribution is 5.73. The van der Waals surface area contributed by atoms with Gasteiger partial charge in [0.15, 0.2) is 0 Å². The standard InChI is InChI=1S/C17H33N3O2/c1-20(2)15(14-8-4-3-5-9-14)12-18-16(21)19-13-17(22)10-6-7-11-17/h14-15,22H,3-13H2,1-2H3,(H2,18,19,21). The first-order chi connectivity index (χ1) is 10.5. The van der Waals surface area contributed by atoms with Crippen LogP contribution in [0.4, 0.5) is 4.79 Å². The maximum Gasteiger partial charge on any atom is 0.314 e. The van der Waals surface area contributed by atoms with Crippen LogP contribution in [-0.2, 0) is 0 Å². The summed E-state index contributed by atoms with van der Waals surface area (Å²) < 4.78 is 0. The van der Waals surface area contributed by atoms with Gasteiger partial charge >= 0.3 is 6.03 Å². The molecule has 2 fully saturated rings. The van der Waals surface area contributed by atoms with Gasteiger partial charge in [-0.15, -0.1) is 0 Å². The average Bonchev–Trinajstić information content (AvgIpc) is 2.93. The zero-order valence-corrected chi connectivity index (χ0v) is 14.2. The van der Waals surface area contributed by atoms with Crippen molar-refractivity contribution in [2.75, 3.05) is 27.2 Å². The lowest BCUT2D eigenvalue weighted by atomic mass is 9.83. The van der Waals surface area contributed by atoms with Crippen LogP contribution in [0.5, 0.6) is 0 Å². The number of carbonyl (C=O) groups is 1. The third-order valence-corrected chi connectivity index (χ3v) is 5.44. The van der Waals surface area contributed by atoms with Crippen molar-refractivity contribution in [1.82, 2.24) is 15.5 Å². The summed E-state index contributed by atoms with van der Waals surface area (Å²) in [5, 5.41) is 16.1. The van der Waals surface area contributed by atoms with Crippen molar-refractivity contribution in [3.8, 4) is 0 Å². The molecule has 0 aromatic rings. The van der Waals surface area contributed by atoms with E-state index in [1.807, 2.05) is 0 Å². The highest BCUT2D eigenvalue weighted by atomic mass is 16.3. The van der Waals surface area contributed by atoms with E-state index >= 15 is 0 Å². The Morgan fingerprint density at radius 2 is 1.77 bits per heavy atom. The minimum Gasteiger partial charge on any atom is -0.388 e. The second kappa shape index (κ2) is 8.16. The molecule has 0 heterocycles. The minimum absolute atomic E-state index is 0.150. The van der Waals surface area contributed by atoms with Gasteiger partial charge in [-0.2, -0.15) is 0 Å². The van der Waals surface area contributed by atoms with E-state index in [0.717, 1.165) is 25.7 Å². The molecule has 2 rings (SSSR count). The van der Waals surface area contributed by atoms with Gasteiger partial charge in [-0.25, -0.2) is 4.79 Å². The molecule has 2 aliphatic carbocycles. The van der Waals surface area contributed by atoms with Crippen LogP contribution in [0.3, 0.4) is 0 Å². The molecular weight excluding hydrogens is 278 g/mol. The van der Waals surface area contributed by atoms with Crippen molar-refractivity contribution in [2.24, 2.45) is 5.92 Å². The van der Waals surface area contributed by atoms with E-state index < -0.39 is 5.60 Å². The summed E-state index contributed by atoms with van der Waals surface area (Å²) in [5.74, 6) is 0.683. The fourth-order valence-electron chi connectivity index (χ4n) is 4.00. The molecule has 1 unspecified atom stereocenters. The predicted molar refractivity (Wildman–Crippen MR) is 88.9 cm³/mol. The lowest BCUT2D eigenvalue weighted by Gasteiger charge is -2.35. The molecule has 2 amide bonds. The Bertz CT molecular complexity index is 348. The van der Waals surface area contributed by atoms with E-state index in [-0.39, 0.29) is 6.03 Å². The van der Waals surface area contributed by atoms with E-state index in [2.05, 4.69) is 29.6 Å². The minimum atomic E-state index is -0.679. The molecule has 0 aromatic carbocycles. The Hall–Kier alpha value is -0.810. The zero-order valence-electron chi connectivity index (χ0n) is 14.2. The van der Waals surface area contributed by atoms with E-state index in [1.165, 1.54) is 32.1 Å². The molecule has 5 nitrogen and oxygen atoms in total. The normalized spacial score (nSPS) is 23.5. The molecule has 2 aliphatic rings. The molecule has 0 radical (unpaired) electrons. The first-order valence-electron chi connectivity index (χ1n) is 8.91. The Morgan fingerprint density at radius 1 is 1.14 bits per heavy atom. The maximum absolute atomic E-state index is 12.0. The fraction of sp³-hybridized carbons (Fsp3) is 0.941. The Balaban J connectivity index is 1.72. The van der Waals surface area contributed by atoms with Gasteiger partial charge in [0.1, 0.15) is 0 Å². The number of nitrogens with one attached hydrogen (secondary N) is 2. The van der Waals surface area contributed by atoms with Crippen molar-refractivity contribution in [3.63, 3.8) is 0 Å². The maximum atomic E-state index is 12.0. The van der Waals surface area contributed by atoms with E-state index in [1.54, 1.807) is 0 Å². The molecule has 5 heteroatoms. The number of aliphatic hydroxyl groups is 1. The number of hydrogen-bond donors (Lipinski definition) is 3. The SMILES string of the molecule is CN(C)C(CNC(=O)NCC1(O)CCCC1)C1CCCCC1. The summed E-state index contributed by atoms with van der Waals surface area (Å²) in [6.45, 7) is 1.05. The van der Waals surface area contributed by atoms with Gasteiger partial charge in [0.2, 0.25) is 0 Å². The Kier molecular flexibility index (Phi) is 6.50. The largest absolute Gasteiger partial charge is 0.388 e. The summed E-state index contributed by atoms with van der Waals surface area (Å²) in [6, 6.07) is 0.253. The molecule has 1 atom stereocenters. The van der Waals surface area contributed by atoms with Crippen LogP contribution >= 0.6 is 0 Å². The van der Waals surface area contributed by atoms with Crippen molar-refractivity contribution < 1.29 is 9.90 Å². The Morgan fingerprint density at radius 3 is 2.36 bits per heavy atom. The van der Waals surface area contributed by atoms with Crippen molar-refractivity contribution in [1.29, 1.82) is 0 Å². The van der Waals surface area contributed by atoms with Crippen LogP contribution in [0.1, 0.15) is 57.8 Å². The van der Waals surface area contributed by atoms with Gasteiger partial charge in [-0.05, 0) is 45.7 Å². The fourth-order valence-corrected chi connectivity index (χ4v) is 4.00. The molecule has 128 valence electrons. The molecular formula is C17H33N3O2. The summed E-state index contributed by atoms with van der Waals surface area (Å²) in [4.78, 5) is 14.2. The number of urea groups is 1. The van der Waals surface area contributed by atoms with Gasteiger partial charge in [-0.3, -0.25) is 0 Å². The highest BCUT2D eigenvalue weighted by Gasteiger charge is 2.31. The molecule has 0 saturated heterocycles. The molecule has 0 aliphatic heterocycles. The zero-order chi connectivity index (χ0) is 16.0. The second-order valence-electron chi connectivity index (χ2n) is 7.42. The third-order valence-electron chi connectivity index (χ3n) is 5.44. The van der Waals surface area contributed by atoms with Crippen LogP contribution in [0.25, 0.3) is 0 Å². The van der Waals surface area contributed by atoms with Crippen molar-refractivity contribution in [3.05, 3.63) is 0 Å². The number of amides is 2. The van der Waals surface area contributed by atoms with Crippen LogP contribution in [0.15, 0.2) is 0 Å². The lowest BCUT2D eigenvalue weighted by molar-refractivity contribution is 0.0500. The highest BCUT2D eigenvalue weighted by Crippen LogP contribution is 2.29. The predicted octanol–water partition coefficient (Wildman–Crippen LogP) is 2.10. The molecule has 2 saturated carbocycles. The first kappa shape index (κ1) is 17.5. The third kappa shape index (κ3) is 5.13. The summed E-state index contributed by atoms with van der Waals surface area (Å²) in [6.07, 6.45) is 10.2. The van der Waals surface area contributed by atoms with Crippen molar-refractivity contribution in [2.45, 2.75) is 69.4 Å². The van der Waals surface area contributed by atoms with E-state index in [4.69, 9.17) is 0 Å². The van der Waals surface area contributed by atoms with Gasteiger partial charge in [0, 0.05) is 19.1 Å². The van der Waals surface area contributed by atoms with Gasteiger partial charge in [0.25, 0.3) is 0 Å². The second-order valence-corrected chi connectivity index (χ2v) is 7.42. The number of carbonyl (C=O) groups excluding carboxylic acids is 1. The van der Waals surface area contributed by atoms with Gasteiger partial charge in [-0.1, -0.05) is 32.1 Å². The monoisotopic (exact) mass is 311 g/mol. The molecule has 0 bridgehead atoms. The van der Waals surface area contributed by atoms with E-state index in [0.29, 0.717) is 25.0 Å². The summed E-state index contributed by atoms with van der Waals surface area (Å²) in [5.41, 5.74) is -0.679. The molecule has 3 N–H and O–H groups in total. The smallest absolute Gasteiger partial charge is 0.314 e. The quantitative estimate of drug-likeness (QED) is 0.704. The topological polar surface area (TPSA) is 64.6 Å². The van der Waals surface area contributed by atoms with Crippen LogP contribution < -0.4 is 10.6 Å². The van der Waals surface area contributed by atoms with E-state index in [9.17, 15) is 9.90 Å². The number of hydrogen-bond acceptors (Lipinski definition) is 3. The van der Waals surface area contributed by atoms with Crippen molar-refractivity contribution >= 4 is 6.03 Å². The van der Waals surface area contributed by atoms with Crippen LogP contribution in [0, 0.1) is 5.92 Å². The van der Waals surface area contributed by atoms with Gasteiger partial charge in [0.05, 0.1) is 5.60 Å². The van der Waals surface area contributed by atoms with Crippen LogP contribution in [-0.4, -0.2) is 54.9 Å². The summed E-state index contributed by atoms with van der Waals surface area (Å²) in [7, 11) is 4.19. The lowest BCUT2D eigenvalue weighted by Crippen LogP contribution is -2.50. The molecule has 22 heavy (non-hydrogen) atoms. The number of rotatable bonds is 6. The average molecular weight is 311 g/mol.